The third kappa shape index (κ3) is 2.10. The molecule has 0 radical (unpaired) electrons. The smallest absolute Gasteiger partial charge is 0.295 e. The van der Waals surface area contributed by atoms with Gasteiger partial charge in [-0.2, -0.15) is 11.5 Å². The van der Waals surface area contributed by atoms with E-state index in [2.05, 4.69) is 24.9 Å². The predicted molar refractivity (Wildman–Crippen MR) is 49.9 cm³/mol. The van der Waals surface area contributed by atoms with E-state index in [1.807, 2.05) is 6.20 Å². The van der Waals surface area contributed by atoms with Gasteiger partial charge < -0.3 is 0 Å². The Morgan fingerprint density at radius 2 is 2.23 bits per heavy atom. The second-order valence-electron chi connectivity index (χ2n) is 3.65. The largest absolute Gasteiger partial charge is 1.00 e. The molecule has 0 saturated carbocycles. The van der Waals surface area contributed by atoms with Crippen LogP contribution in [0.25, 0.3) is 0 Å². The molecule has 0 saturated heterocycles. The summed E-state index contributed by atoms with van der Waals surface area (Å²) in [5.41, 5.74) is 3.98. The van der Waals surface area contributed by atoms with E-state index >= 15 is 0 Å². The van der Waals surface area contributed by atoms with Crippen molar-refractivity contribution >= 4 is 0 Å². The van der Waals surface area contributed by atoms with Crippen molar-refractivity contribution in [2.24, 2.45) is 0 Å². The van der Waals surface area contributed by atoms with Gasteiger partial charge in [-0.15, -0.1) is 13.0 Å². The van der Waals surface area contributed by atoms with Gasteiger partial charge >= 0.3 is 18.9 Å². The fraction of sp³-hybridized carbons (Fsp3) is 0.455. The van der Waals surface area contributed by atoms with Crippen LogP contribution in [0, 0.1) is 12.8 Å². The van der Waals surface area contributed by atoms with Crippen LogP contribution >= 0.6 is 0 Å². The van der Waals surface area contributed by atoms with E-state index in [-0.39, 0.29) is 18.9 Å². The molecule has 2 heteroatoms. The summed E-state index contributed by atoms with van der Waals surface area (Å²) in [6.07, 6.45) is 5.70. The van der Waals surface area contributed by atoms with E-state index in [1.165, 1.54) is 42.0 Å². The van der Waals surface area contributed by atoms with Gasteiger partial charge in [0.25, 0.3) is 0 Å². The average Bonchev–Trinajstić information content (AvgIpc) is 2.04. The third-order valence-electron chi connectivity index (χ3n) is 2.51. The maximum absolute atomic E-state index is 4.46. The number of fused-ring (bicyclic) bond motifs is 1. The van der Waals surface area contributed by atoms with Crippen LogP contribution in [-0.4, -0.2) is 4.98 Å². The molecule has 1 aromatic rings. The molecule has 0 spiro atoms. The van der Waals surface area contributed by atoms with Crippen LogP contribution in [0.5, 0.6) is 0 Å². The second-order valence-corrected chi connectivity index (χ2v) is 3.65. The van der Waals surface area contributed by atoms with Crippen molar-refractivity contribution in [3.8, 4) is 0 Å². The maximum Gasteiger partial charge on any atom is 1.00 e. The number of pyridine rings is 1. The number of rotatable bonds is 0. The standard InChI is InChI=1S/C11H14N.Li/c1-8-6-10-5-3-4-9(2)11(10)12-7-8;/h6-7H,3-5H2,1-2H3;/q-1;+1. The molecule has 1 aliphatic rings. The minimum Gasteiger partial charge on any atom is -0.295 e. The number of aryl methyl sites for hydroxylation is 2. The molecule has 2 rings (SSSR count). The Labute approximate surface area is 92.1 Å². The number of aromatic nitrogens is 1. The molecule has 0 aromatic carbocycles. The summed E-state index contributed by atoms with van der Waals surface area (Å²) in [4.78, 5) is 4.46. The van der Waals surface area contributed by atoms with E-state index in [9.17, 15) is 0 Å². The molecule has 0 bridgehead atoms. The van der Waals surface area contributed by atoms with Gasteiger partial charge in [0, 0.05) is 6.20 Å². The zero-order chi connectivity index (χ0) is 8.55. The molecule has 0 amide bonds. The normalized spacial score (nSPS) is 14.8. The van der Waals surface area contributed by atoms with Gasteiger partial charge in [0.1, 0.15) is 0 Å². The molecule has 0 fully saturated rings. The van der Waals surface area contributed by atoms with Crippen LogP contribution in [0.3, 0.4) is 0 Å². The van der Waals surface area contributed by atoms with Crippen LogP contribution in [0.2, 0.25) is 0 Å². The van der Waals surface area contributed by atoms with Crippen molar-refractivity contribution in [3.05, 3.63) is 35.0 Å². The SMILES string of the molecule is Cc1cnc2c(c1)CCC[C-]2C.[Li+]. The summed E-state index contributed by atoms with van der Waals surface area (Å²) in [6.45, 7) is 4.30. The number of hydrogen-bond donors (Lipinski definition) is 0. The zero-order valence-electron chi connectivity index (χ0n) is 8.72. The van der Waals surface area contributed by atoms with Crippen molar-refractivity contribution in [1.29, 1.82) is 0 Å². The quantitative estimate of drug-likeness (QED) is 0.381. The topological polar surface area (TPSA) is 12.9 Å². The van der Waals surface area contributed by atoms with Gasteiger partial charge in [0.15, 0.2) is 0 Å². The van der Waals surface area contributed by atoms with Crippen LogP contribution in [-0.2, 0) is 6.42 Å². The van der Waals surface area contributed by atoms with Crippen molar-refractivity contribution in [1.82, 2.24) is 4.98 Å². The van der Waals surface area contributed by atoms with Crippen LogP contribution in [0.15, 0.2) is 12.3 Å². The first-order valence-corrected chi connectivity index (χ1v) is 4.55. The van der Waals surface area contributed by atoms with E-state index in [0.717, 1.165) is 0 Å². The molecule has 0 N–H and O–H groups in total. The van der Waals surface area contributed by atoms with E-state index in [1.54, 1.807) is 0 Å². The Kier molecular flexibility index (Phi) is 3.47. The average molecular weight is 167 g/mol. The van der Waals surface area contributed by atoms with E-state index in [0.29, 0.717) is 0 Å². The summed E-state index contributed by atoms with van der Waals surface area (Å²) in [5.74, 6) is 1.45. The fourth-order valence-corrected chi connectivity index (χ4v) is 1.87. The first-order valence-electron chi connectivity index (χ1n) is 4.55. The molecule has 64 valence electrons. The molecule has 1 heterocycles. The Morgan fingerprint density at radius 3 is 3.00 bits per heavy atom. The predicted octanol–water partition coefficient (Wildman–Crippen LogP) is -0.327. The minimum atomic E-state index is 0. The first-order chi connectivity index (χ1) is 5.77. The van der Waals surface area contributed by atoms with Crippen LogP contribution in [0.1, 0.15) is 36.6 Å². The van der Waals surface area contributed by atoms with E-state index in [4.69, 9.17) is 0 Å². The summed E-state index contributed by atoms with van der Waals surface area (Å²) in [5, 5.41) is 0. The Balaban J connectivity index is 0.000000845. The Bertz CT molecular complexity index is 296. The minimum absolute atomic E-state index is 0. The van der Waals surface area contributed by atoms with E-state index < -0.39 is 0 Å². The van der Waals surface area contributed by atoms with Crippen LogP contribution < -0.4 is 18.9 Å². The summed E-state index contributed by atoms with van der Waals surface area (Å²) < 4.78 is 0. The molecule has 1 nitrogen and oxygen atoms in total. The molecule has 0 aliphatic heterocycles. The van der Waals surface area contributed by atoms with Gasteiger partial charge in [0.05, 0.1) is 0 Å². The second kappa shape index (κ2) is 4.22. The summed E-state index contributed by atoms with van der Waals surface area (Å²) in [7, 11) is 0. The van der Waals surface area contributed by atoms with Gasteiger partial charge in [-0.05, 0) is 6.92 Å². The first kappa shape index (κ1) is 10.7. The summed E-state index contributed by atoms with van der Waals surface area (Å²) in [6, 6.07) is 2.27. The number of hydrogen-bond acceptors (Lipinski definition) is 1. The summed E-state index contributed by atoms with van der Waals surface area (Å²) >= 11 is 0. The molecular formula is C11H14LiN. The molecule has 0 unspecified atom stereocenters. The van der Waals surface area contributed by atoms with Gasteiger partial charge in [-0.3, -0.25) is 4.98 Å². The van der Waals surface area contributed by atoms with Crippen LogP contribution in [0.4, 0.5) is 0 Å². The number of nitrogens with zero attached hydrogens (tertiary/aromatic N) is 1. The maximum atomic E-state index is 4.46. The van der Waals surface area contributed by atoms with Gasteiger partial charge in [-0.1, -0.05) is 30.5 Å². The van der Waals surface area contributed by atoms with Crippen molar-refractivity contribution < 1.29 is 18.9 Å². The van der Waals surface area contributed by atoms with Crippen molar-refractivity contribution in [2.75, 3.05) is 0 Å². The molecule has 0 atom stereocenters. The fourth-order valence-electron chi connectivity index (χ4n) is 1.87. The molecule has 1 aromatic heterocycles. The van der Waals surface area contributed by atoms with Gasteiger partial charge in [-0.25, -0.2) is 0 Å². The Morgan fingerprint density at radius 1 is 1.46 bits per heavy atom. The van der Waals surface area contributed by atoms with Crippen molar-refractivity contribution in [2.45, 2.75) is 33.1 Å². The molecule has 13 heavy (non-hydrogen) atoms. The zero-order valence-corrected chi connectivity index (χ0v) is 8.72. The molecule has 1 aliphatic carbocycles. The van der Waals surface area contributed by atoms with Crippen molar-refractivity contribution in [3.63, 3.8) is 0 Å². The van der Waals surface area contributed by atoms with Gasteiger partial charge in [0.2, 0.25) is 0 Å². The Hall–Kier alpha value is -0.383. The third-order valence-corrected chi connectivity index (χ3v) is 2.51. The molecular weight excluding hydrogens is 153 g/mol. The monoisotopic (exact) mass is 167 g/mol.